The van der Waals surface area contributed by atoms with Crippen LogP contribution < -0.4 is 15.4 Å². The third-order valence-electron chi connectivity index (χ3n) is 3.37. The maximum Gasteiger partial charge on any atom is 0.134 e. The molecule has 1 fully saturated rings. The number of hydrogen-bond donors (Lipinski definition) is 2. The van der Waals surface area contributed by atoms with Crippen molar-refractivity contribution in [2.24, 2.45) is 0 Å². The van der Waals surface area contributed by atoms with Gasteiger partial charge in [-0.15, -0.1) is 0 Å². The summed E-state index contributed by atoms with van der Waals surface area (Å²) < 4.78 is 5.24. The Morgan fingerprint density at radius 1 is 1.39 bits per heavy atom. The fourth-order valence-corrected chi connectivity index (χ4v) is 2.37. The first-order valence-electron chi connectivity index (χ1n) is 6.27. The number of anilines is 1. The number of methoxy groups -OCH3 is 1. The molecule has 1 aromatic carbocycles. The van der Waals surface area contributed by atoms with Gasteiger partial charge in [0, 0.05) is 24.2 Å². The van der Waals surface area contributed by atoms with Gasteiger partial charge in [0.2, 0.25) is 0 Å². The molecule has 94 valence electrons. The van der Waals surface area contributed by atoms with Gasteiger partial charge >= 0.3 is 0 Å². The number of rotatable bonds is 3. The molecule has 4 heteroatoms. The SMILES string of the molecule is COc1ccc2c(NC3CCNC3)nccc2c1. The van der Waals surface area contributed by atoms with Crippen molar-refractivity contribution in [3.05, 3.63) is 30.5 Å². The van der Waals surface area contributed by atoms with E-state index in [1.807, 2.05) is 24.4 Å². The molecule has 1 saturated heterocycles. The van der Waals surface area contributed by atoms with Crippen LogP contribution in [0.25, 0.3) is 10.8 Å². The predicted octanol–water partition coefficient (Wildman–Crippen LogP) is 2.02. The molecule has 0 amide bonds. The van der Waals surface area contributed by atoms with Crippen LogP contribution in [0, 0.1) is 0 Å². The Labute approximate surface area is 106 Å². The zero-order valence-corrected chi connectivity index (χ0v) is 10.4. The first-order valence-corrected chi connectivity index (χ1v) is 6.27. The lowest BCUT2D eigenvalue weighted by Gasteiger charge is -2.14. The highest BCUT2D eigenvalue weighted by Gasteiger charge is 2.15. The second kappa shape index (κ2) is 4.82. The Morgan fingerprint density at radius 2 is 2.33 bits per heavy atom. The molecule has 1 atom stereocenters. The fraction of sp³-hybridized carbons (Fsp3) is 0.357. The van der Waals surface area contributed by atoms with Crippen LogP contribution in [0.1, 0.15) is 6.42 Å². The molecule has 1 aliphatic rings. The minimum atomic E-state index is 0.477. The zero-order chi connectivity index (χ0) is 12.4. The lowest BCUT2D eigenvalue weighted by Crippen LogP contribution is -2.22. The molecule has 0 spiro atoms. The first kappa shape index (κ1) is 11.3. The van der Waals surface area contributed by atoms with Crippen molar-refractivity contribution in [1.82, 2.24) is 10.3 Å². The largest absolute Gasteiger partial charge is 0.497 e. The molecule has 0 radical (unpaired) electrons. The lowest BCUT2D eigenvalue weighted by atomic mass is 10.1. The van der Waals surface area contributed by atoms with Gasteiger partial charge in [0.1, 0.15) is 11.6 Å². The predicted molar refractivity (Wildman–Crippen MR) is 73.2 cm³/mol. The molecule has 2 heterocycles. The van der Waals surface area contributed by atoms with E-state index in [-0.39, 0.29) is 0 Å². The maximum atomic E-state index is 5.24. The summed E-state index contributed by atoms with van der Waals surface area (Å²) in [5, 5.41) is 9.15. The van der Waals surface area contributed by atoms with Gasteiger partial charge in [-0.25, -0.2) is 4.98 Å². The molecule has 0 aliphatic carbocycles. The number of pyridine rings is 1. The summed E-state index contributed by atoms with van der Waals surface area (Å²) in [7, 11) is 1.69. The molecule has 18 heavy (non-hydrogen) atoms. The summed E-state index contributed by atoms with van der Waals surface area (Å²) in [5.74, 6) is 1.84. The molecule has 0 bridgehead atoms. The summed E-state index contributed by atoms with van der Waals surface area (Å²) in [5.41, 5.74) is 0. The van der Waals surface area contributed by atoms with Crippen LogP contribution in [0.4, 0.5) is 5.82 Å². The average Bonchev–Trinajstić information content (AvgIpc) is 2.91. The Bertz CT molecular complexity index is 550. The molecule has 3 rings (SSSR count). The van der Waals surface area contributed by atoms with Gasteiger partial charge in [-0.05, 0) is 42.6 Å². The van der Waals surface area contributed by atoms with Crippen molar-refractivity contribution in [2.75, 3.05) is 25.5 Å². The van der Waals surface area contributed by atoms with Crippen LogP contribution in [0.15, 0.2) is 30.5 Å². The van der Waals surface area contributed by atoms with Crippen LogP contribution in [0.3, 0.4) is 0 Å². The van der Waals surface area contributed by atoms with Crippen molar-refractivity contribution in [2.45, 2.75) is 12.5 Å². The molecule has 2 aromatic rings. The highest BCUT2D eigenvalue weighted by Crippen LogP contribution is 2.26. The molecule has 2 N–H and O–H groups in total. The van der Waals surface area contributed by atoms with Crippen molar-refractivity contribution in [1.29, 1.82) is 0 Å². The number of nitrogens with one attached hydrogen (secondary N) is 2. The van der Waals surface area contributed by atoms with Crippen molar-refractivity contribution in [3.8, 4) is 5.75 Å². The quantitative estimate of drug-likeness (QED) is 0.865. The summed E-state index contributed by atoms with van der Waals surface area (Å²) >= 11 is 0. The maximum absolute atomic E-state index is 5.24. The summed E-state index contributed by atoms with van der Waals surface area (Å²) in [4.78, 5) is 4.45. The minimum Gasteiger partial charge on any atom is -0.497 e. The number of benzene rings is 1. The zero-order valence-electron chi connectivity index (χ0n) is 10.4. The Morgan fingerprint density at radius 3 is 3.11 bits per heavy atom. The molecule has 4 nitrogen and oxygen atoms in total. The molecular formula is C14H17N3O. The van der Waals surface area contributed by atoms with E-state index < -0.39 is 0 Å². The molecular weight excluding hydrogens is 226 g/mol. The van der Waals surface area contributed by atoms with E-state index in [1.165, 1.54) is 0 Å². The standard InChI is InChI=1S/C14H17N3O/c1-18-12-2-3-13-10(8-12)4-7-16-14(13)17-11-5-6-15-9-11/h2-4,7-8,11,15H,5-6,9H2,1H3,(H,16,17). The van der Waals surface area contributed by atoms with Gasteiger partial charge in [0.25, 0.3) is 0 Å². The summed E-state index contributed by atoms with van der Waals surface area (Å²) in [6.45, 7) is 2.09. The van der Waals surface area contributed by atoms with Gasteiger partial charge in [0.05, 0.1) is 7.11 Å². The van der Waals surface area contributed by atoms with E-state index in [9.17, 15) is 0 Å². The second-order valence-corrected chi connectivity index (χ2v) is 4.58. The third-order valence-corrected chi connectivity index (χ3v) is 3.37. The van der Waals surface area contributed by atoms with Gasteiger partial charge < -0.3 is 15.4 Å². The van der Waals surface area contributed by atoms with Crippen molar-refractivity contribution < 1.29 is 4.74 Å². The number of aromatic nitrogens is 1. The highest BCUT2D eigenvalue weighted by molar-refractivity contribution is 5.92. The van der Waals surface area contributed by atoms with Gasteiger partial charge in [-0.2, -0.15) is 0 Å². The molecule has 1 aliphatic heterocycles. The Kier molecular flexibility index (Phi) is 3.02. The van der Waals surface area contributed by atoms with Crippen LogP contribution in [0.5, 0.6) is 5.75 Å². The monoisotopic (exact) mass is 243 g/mol. The number of fused-ring (bicyclic) bond motifs is 1. The van der Waals surface area contributed by atoms with Gasteiger partial charge in [-0.1, -0.05) is 0 Å². The van der Waals surface area contributed by atoms with E-state index in [1.54, 1.807) is 7.11 Å². The van der Waals surface area contributed by atoms with E-state index in [2.05, 4.69) is 21.7 Å². The average molecular weight is 243 g/mol. The number of nitrogens with zero attached hydrogens (tertiary/aromatic N) is 1. The van der Waals surface area contributed by atoms with E-state index >= 15 is 0 Å². The van der Waals surface area contributed by atoms with Gasteiger partial charge in [0.15, 0.2) is 0 Å². The van der Waals surface area contributed by atoms with Crippen LogP contribution in [-0.4, -0.2) is 31.2 Å². The fourth-order valence-electron chi connectivity index (χ4n) is 2.37. The van der Waals surface area contributed by atoms with Crippen LogP contribution in [-0.2, 0) is 0 Å². The number of ether oxygens (including phenoxy) is 1. The first-order chi connectivity index (χ1) is 8.86. The van der Waals surface area contributed by atoms with Crippen LogP contribution in [0.2, 0.25) is 0 Å². The molecule has 1 unspecified atom stereocenters. The normalized spacial score (nSPS) is 19.1. The number of hydrogen-bond acceptors (Lipinski definition) is 4. The summed E-state index contributed by atoms with van der Waals surface area (Å²) in [6.07, 6.45) is 2.99. The Hall–Kier alpha value is -1.81. The van der Waals surface area contributed by atoms with Crippen molar-refractivity contribution >= 4 is 16.6 Å². The van der Waals surface area contributed by atoms with Crippen LogP contribution >= 0.6 is 0 Å². The topological polar surface area (TPSA) is 46.2 Å². The van der Waals surface area contributed by atoms with E-state index in [0.717, 1.165) is 41.9 Å². The Balaban J connectivity index is 1.95. The minimum absolute atomic E-state index is 0.477. The van der Waals surface area contributed by atoms with E-state index in [4.69, 9.17) is 4.74 Å². The van der Waals surface area contributed by atoms with Crippen molar-refractivity contribution in [3.63, 3.8) is 0 Å². The van der Waals surface area contributed by atoms with E-state index in [0.29, 0.717) is 6.04 Å². The molecule has 1 aromatic heterocycles. The van der Waals surface area contributed by atoms with Gasteiger partial charge in [-0.3, -0.25) is 0 Å². The summed E-state index contributed by atoms with van der Waals surface area (Å²) in [6, 6.07) is 8.56. The highest BCUT2D eigenvalue weighted by atomic mass is 16.5. The third kappa shape index (κ3) is 2.11. The lowest BCUT2D eigenvalue weighted by molar-refractivity contribution is 0.415. The molecule has 0 saturated carbocycles. The second-order valence-electron chi connectivity index (χ2n) is 4.58. The smallest absolute Gasteiger partial charge is 0.134 e.